The summed E-state index contributed by atoms with van der Waals surface area (Å²) in [4.78, 5) is 4.25. The number of anilines is 3. The van der Waals surface area contributed by atoms with Gasteiger partial charge in [0.15, 0.2) is 0 Å². The summed E-state index contributed by atoms with van der Waals surface area (Å²) >= 11 is 0. The predicted molar refractivity (Wildman–Crippen MR) is 69.7 cm³/mol. The van der Waals surface area contributed by atoms with Crippen LogP contribution >= 0.6 is 0 Å². The highest BCUT2D eigenvalue weighted by atomic mass is 16.5. The molecule has 0 bridgehead atoms. The summed E-state index contributed by atoms with van der Waals surface area (Å²) in [6.07, 6.45) is 1.75. The molecule has 0 unspecified atom stereocenters. The minimum Gasteiger partial charge on any atom is -0.497 e. The molecular weight excluding hydrogens is 214 g/mol. The van der Waals surface area contributed by atoms with Crippen molar-refractivity contribution >= 4 is 17.2 Å². The summed E-state index contributed by atoms with van der Waals surface area (Å²) in [5.41, 5.74) is 8.48. The Morgan fingerprint density at radius 2 is 1.94 bits per heavy atom. The molecule has 0 amide bonds. The molecule has 2 aromatic rings. The van der Waals surface area contributed by atoms with Crippen LogP contribution < -0.4 is 15.8 Å². The first-order chi connectivity index (χ1) is 8.19. The number of rotatable bonds is 3. The van der Waals surface area contributed by atoms with Gasteiger partial charge in [-0.3, -0.25) is 0 Å². The van der Waals surface area contributed by atoms with Crippen LogP contribution in [0.5, 0.6) is 5.75 Å². The van der Waals surface area contributed by atoms with E-state index < -0.39 is 0 Å². The molecule has 1 aromatic carbocycles. The van der Waals surface area contributed by atoms with Gasteiger partial charge in [-0.05, 0) is 36.8 Å². The molecule has 0 spiro atoms. The number of nitrogens with two attached hydrogens (primary N) is 1. The predicted octanol–water partition coefficient (Wildman–Crippen LogP) is 2.72. The molecule has 4 nitrogen and oxygen atoms in total. The first-order valence-corrected chi connectivity index (χ1v) is 5.32. The molecule has 0 fully saturated rings. The van der Waals surface area contributed by atoms with Crippen molar-refractivity contribution in [2.75, 3.05) is 18.2 Å². The van der Waals surface area contributed by atoms with Gasteiger partial charge < -0.3 is 15.8 Å². The van der Waals surface area contributed by atoms with E-state index in [9.17, 15) is 0 Å². The van der Waals surface area contributed by atoms with E-state index in [-0.39, 0.29) is 0 Å². The number of methoxy groups -OCH3 is 1. The molecule has 0 aliphatic rings. The summed E-state index contributed by atoms with van der Waals surface area (Å²) in [6.45, 7) is 1.93. The molecule has 0 aliphatic heterocycles. The van der Waals surface area contributed by atoms with E-state index >= 15 is 0 Å². The first-order valence-electron chi connectivity index (χ1n) is 5.32. The van der Waals surface area contributed by atoms with Crippen LogP contribution in [-0.2, 0) is 0 Å². The fraction of sp³-hybridized carbons (Fsp3) is 0.154. The van der Waals surface area contributed by atoms with Crippen molar-refractivity contribution in [3.63, 3.8) is 0 Å². The molecule has 0 saturated carbocycles. The van der Waals surface area contributed by atoms with Crippen LogP contribution in [0.15, 0.2) is 36.5 Å². The summed E-state index contributed by atoms with van der Waals surface area (Å²) in [7, 11) is 1.64. The highest BCUT2D eigenvalue weighted by molar-refractivity contribution is 5.61. The number of benzene rings is 1. The molecule has 1 heterocycles. The van der Waals surface area contributed by atoms with Gasteiger partial charge in [-0.1, -0.05) is 0 Å². The minimum absolute atomic E-state index is 0.732. The van der Waals surface area contributed by atoms with E-state index in [1.165, 1.54) is 0 Å². The smallest absolute Gasteiger partial charge is 0.132 e. The Hall–Kier alpha value is -2.23. The van der Waals surface area contributed by atoms with Crippen LogP contribution in [0, 0.1) is 6.92 Å². The van der Waals surface area contributed by atoms with Gasteiger partial charge in [0.05, 0.1) is 7.11 Å². The number of nitrogens with one attached hydrogen (secondary N) is 1. The van der Waals surface area contributed by atoms with E-state index in [0.29, 0.717) is 0 Å². The largest absolute Gasteiger partial charge is 0.497 e. The number of nitrogen functional groups attached to an aromatic ring is 1. The zero-order valence-corrected chi connectivity index (χ0v) is 9.90. The molecule has 0 aliphatic carbocycles. The van der Waals surface area contributed by atoms with E-state index in [2.05, 4.69) is 10.3 Å². The minimum atomic E-state index is 0.732. The number of hydrogen-bond donors (Lipinski definition) is 2. The molecule has 3 N–H and O–H groups in total. The molecule has 2 rings (SSSR count). The lowest BCUT2D eigenvalue weighted by atomic mass is 10.2. The van der Waals surface area contributed by atoms with Crippen molar-refractivity contribution in [3.05, 3.63) is 42.1 Å². The maximum Gasteiger partial charge on any atom is 0.132 e. The Morgan fingerprint density at radius 3 is 2.53 bits per heavy atom. The fourth-order valence-electron chi connectivity index (χ4n) is 1.43. The van der Waals surface area contributed by atoms with Crippen LogP contribution in [0.25, 0.3) is 0 Å². The number of aryl methyl sites for hydroxylation is 1. The number of ether oxygens (including phenoxy) is 1. The van der Waals surface area contributed by atoms with Crippen LogP contribution in [0.1, 0.15) is 5.56 Å². The van der Waals surface area contributed by atoms with Gasteiger partial charge in [0.2, 0.25) is 0 Å². The Balaban J connectivity index is 2.16. The van der Waals surface area contributed by atoms with Crippen molar-refractivity contribution in [2.45, 2.75) is 6.92 Å². The second kappa shape index (κ2) is 4.74. The Kier molecular flexibility index (Phi) is 3.14. The van der Waals surface area contributed by atoms with Gasteiger partial charge in [-0.25, -0.2) is 4.98 Å². The molecule has 4 heteroatoms. The normalized spacial score (nSPS) is 10.0. The van der Waals surface area contributed by atoms with Gasteiger partial charge in [0.1, 0.15) is 11.6 Å². The summed E-state index contributed by atoms with van der Waals surface area (Å²) in [6, 6.07) is 9.45. The molecular formula is C13H15N3O. The fourth-order valence-corrected chi connectivity index (χ4v) is 1.43. The molecule has 0 atom stereocenters. The van der Waals surface area contributed by atoms with Crippen LogP contribution in [-0.4, -0.2) is 12.1 Å². The monoisotopic (exact) mass is 229 g/mol. The third-order valence-electron chi connectivity index (χ3n) is 2.51. The second-order valence-electron chi connectivity index (χ2n) is 3.78. The third-order valence-corrected chi connectivity index (χ3v) is 2.51. The average molecular weight is 229 g/mol. The topological polar surface area (TPSA) is 60.2 Å². The van der Waals surface area contributed by atoms with Gasteiger partial charge in [-0.2, -0.15) is 0 Å². The third kappa shape index (κ3) is 2.66. The quantitative estimate of drug-likeness (QED) is 0.849. The Morgan fingerprint density at radius 1 is 1.24 bits per heavy atom. The van der Waals surface area contributed by atoms with E-state index in [0.717, 1.165) is 28.5 Å². The van der Waals surface area contributed by atoms with E-state index in [1.54, 1.807) is 13.3 Å². The number of aromatic nitrogens is 1. The highest BCUT2D eigenvalue weighted by Crippen LogP contribution is 2.20. The van der Waals surface area contributed by atoms with Crippen LogP contribution in [0.4, 0.5) is 17.2 Å². The Labute approximate surface area is 100 Å². The van der Waals surface area contributed by atoms with Crippen molar-refractivity contribution in [3.8, 4) is 5.75 Å². The summed E-state index contributed by atoms with van der Waals surface area (Å²) in [5, 5.41) is 3.18. The molecule has 17 heavy (non-hydrogen) atoms. The summed E-state index contributed by atoms with van der Waals surface area (Å²) < 4.78 is 5.09. The average Bonchev–Trinajstić information content (AvgIpc) is 2.35. The Bertz CT molecular complexity index is 509. The van der Waals surface area contributed by atoms with Crippen molar-refractivity contribution in [2.24, 2.45) is 0 Å². The van der Waals surface area contributed by atoms with Gasteiger partial charge in [-0.15, -0.1) is 0 Å². The van der Waals surface area contributed by atoms with Crippen LogP contribution in [0.2, 0.25) is 0 Å². The molecule has 88 valence electrons. The van der Waals surface area contributed by atoms with E-state index in [1.807, 2.05) is 37.3 Å². The SMILES string of the molecule is COc1ccc(Nc2cc(N)c(C)cn2)cc1. The lowest BCUT2D eigenvalue weighted by Gasteiger charge is -2.08. The van der Waals surface area contributed by atoms with Crippen molar-refractivity contribution in [1.29, 1.82) is 0 Å². The van der Waals surface area contributed by atoms with Gasteiger partial charge in [0.25, 0.3) is 0 Å². The van der Waals surface area contributed by atoms with Crippen molar-refractivity contribution in [1.82, 2.24) is 4.98 Å². The highest BCUT2D eigenvalue weighted by Gasteiger charge is 1.99. The second-order valence-corrected chi connectivity index (χ2v) is 3.78. The number of nitrogens with zero attached hydrogens (tertiary/aromatic N) is 1. The number of hydrogen-bond acceptors (Lipinski definition) is 4. The van der Waals surface area contributed by atoms with Crippen molar-refractivity contribution < 1.29 is 4.74 Å². The van der Waals surface area contributed by atoms with Gasteiger partial charge in [0, 0.05) is 23.6 Å². The zero-order chi connectivity index (χ0) is 12.3. The maximum absolute atomic E-state index is 5.82. The van der Waals surface area contributed by atoms with E-state index in [4.69, 9.17) is 10.5 Å². The standard InChI is InChI=1S/C13H15N3O/c1-9-8-15-13(7-12(9)14)16-10-3-5-11(17-2)6-4-10/h3-8H,1-2H3,(H3,14,15,16). The lowest BCUT2D eigenvalue weighted by molar-refractivity contribution is 0.415. The summed E-state index contributed by atoms with van der Waals surface area (Å²) in [5.74, 6) is 1.56. The van der Waals surface area contributed by atoms with Crippen LogP contribution in [0.3, 0.4) is 0 Å². The maximum atomic E-state index is 5.82. The first kappa shape index (κ1) is 11.3. The molecule has 1 aromatic heterocycles. The van der Waals surface area contributed by atoms with Gasteiger partial charge >= 0.3 is 0 Å². The molecule has 0 radical (unpaired) electrons. The number of pyridine rings is 1. The molecule has 0 saturated heterocycles. The lowest BCUT2D eigenvalue weighted by Crippen LogP contribution is -1.97. The zero-order valence-electron chi connectivity index (χ0n) is 9.90.